The van der Waals surface area contributed by atoms with Crippen molar-refractivity contribution in [2.45, 2.75) is 45.2 Å². The highest BCUT2D eigenvalue weighted by atomic mass is 32.2. The van der Waals surface area contributed by atoms with Crippen molar-refractivity contribution in [3.8, 4) is 0 Å². The van der Waals surface area contributed by atoms with E-state index < -0.39 is 10.2 Å². The van der Waals surface area contributed by atoms with E-state index in [-0.39, 0.29) is 12.1 Å². The summed E-state index contributed by atoms with van der Waals surface area (Å²) < 4.78 is 28.0. The molecule has 0 saturated carbocycles. The maximum Gasteiger partial charge on any atom is 0.283 e. The number of nitrogens with zero attached hydrogens (tertiary/aromatic N) is 2. The van der Waals surface area contributed by atoms with E-state index in [1.54, 1.807) is 4.31 Å². The molecule has 0 aromatic rings. The third kappa shape index (κ3) is 2.65. The largest absolute Gasteiger partial charge is 0.315 e. The summed E-state index contributed by atoms with van der Waals surface area (Å²) in [5.74, 6) is 0.253. The van der Waals surface area contributed by atoms with Gasteiger partial charge in [-0.05, 0) is 31.6 Å². The quantitative estimate of drug-likeness (QED) is 0.797. The Balaban J connectivity index is 2.13. The number of nitrogens with two attached hydrogens (primary N) is 1. The monoisotopic (exact) mass is 261 g/mol. The molecule has 5 nitrogen and oxygen atoms in total. The molecule has 2 N–H and O–H groups in total. The second-order valence-electron chi connectivity index (χ2n) is 5.19. The molecule has 0 aromatic carbocycles. The van der Waals surface area contributed by atoms with Crippen LogP contribution in [0.2, 0.25) is 0 Å². The lowest BCUT2D eigenvalue weighted by Gasteiger charge is -2.40. The lowest BCUT2D eigenvalue weighted by atomic mass is 9.99. The average Bonchev–Trinajstić information content (AvgIpc) is 2.33. The Morgan fingerprint density at radius 1 is 1.06 bits per heavy atom. The van der Waals surface area contributed by atoms with Gasteiger partial charge in [-0.15, -0.1) is 0 Å². The molecule has 100 valence electrons. The van der Waals surface area contributed by atoms with Gasteiger partial charge in [-0.3, -0.25) is 0 Å². The SMILES string of the molecule is CC1CCCN(S(=O)(=O)N2CCCCC2)C1N. The van der Waals surface area contributed by atoms with E-state index in [4.69, 9.17) is 5.73 Å². The third-order valence-corrected chi connectivity index (χ3v) is 5.93. The van der Waals surface area contributed by atoms with Gasteiger partial charge >= 0.3 is 0 Å². The third-order valence-electron chi connectivity index (χ3n) is 3.89. The normalized spacial score (nSPS) is 33.8. The number of piperidine rings is 2. The molecule has 2 heterocycles. The van der Waals surface area contributed by atoms with E-state index in [1.807, 2.05) is 6.92 Å². The van der Waals surface area contributed by atoms with Crippen molar-refractivity contribution in [2.24, 2.45) is 11.7 Å². The Morgan fingerprint density at radius 3 is 2.35 bits per heavy atom. The van der Waals surface area contributed by atoms with Gasteiger partial charge < -0.3 is 5.73 Å². The van der Waals surface area contributed by atoms with Gasteiger partial charge in [0.05, 0.1) is 6.17 Å². The molecule has 2 unspecified atom stereocenters. The van der Waals surface area contributed by atoms with Crippen molar-refractivity contribution in [3.63, 3.8) is 0 Å². The van der Waals surface area contributed by atoms with E-state index in [0.29, 0.717) is 19.6 Å². The van der Waals surface area contributed by atoms with Gasteiger partial charge in [0.25, 0.3) is 10.2 Å². The van der Waals surface area contributed by atoms with Crippen molar-refractivity contribution in [1.29, 1.82) is 0 Å². The first kappa shape index (κ1) is 13.3. The smallest absolute Gasteiger partial charge is 0.283 e. The molecule has 2 aliphatic heterocycles. The van der Waals surface area contributed by atoms with Crippen LogP contribution < -0.4 is 5.73 Å². The van der Waals surface area contributed by atoms with Crippen molar-refractivity contribution in [2.75, 3.05) is 19.6 Å². The van der Waals surface area contributed by atoms with Crippen LogP contribution in [0, 0.1) is 5.92 Å². The fourth-order valence-corrected chi connectivity index (χ4v) is 4.58. The van der Waals surface area contributed by atoms with Gasteiger partial charge in [0, 0.05) is 19.6 Å². The molecule has 0 aliphatic carbocycles. The van der Waals surface area contributed by atoms with Gasteiger partial charge in [-0.25, -0.2) is 0 Å². The van der Waals surface area contributed by atoms with Crippen LogP contribution >= 0.6 is 0 Å². The molecule has 0 amide bonds. The maximum atomic E-state index is 12.5. The van der Waals surface area contributed by atoms with E-state index in [9.17, 15) is 8.42 Å². The first-order chi connectivity index (χ1) is 8.03. The highest BCUT2D eigenvalue weighted by Crippen LogP contribution is 2.25. The molecule has 0 spiro atoms. The summed E-state index contributed by atoms with van der Waals surface area (Å²) in [7, 11) is -3.33. The lowest BCUT2D eigenvalue weighted by Crippen LogP contribution is -2.57. The fraction of sp³-hybridized carbons (Fsp3) is 1.00. The van der Waals surface area contributed by atoms with Gasteiger partial charge in [0.2, 0.25) is 0 Å². The number of hydrogen-bond acceptors (Lipinski definition) is 3. The Morgan fingerprint density at radius 2 is 1.71 bits per heavy atom. The van der Waals surface area contributed by atoms with E-state index in [2.05, 4.69) is 0 Å². The second kappa shape index (κ2) is 5.22. The molecular weight excluding hydrogens is 238 g/mol. The minimum Gasteiger partial charge on any atom is -0.315 e. The first-order valence-electron chi connectivity index (χ1n) is 6.56. The molecule has 2 rings (SSSR count). The molecule has 17 heavy (non-hydrogen) atoms. The zero-order valence-electron chi connectivity index (χ0n) is 10.5. The number of rotatable bonds is 2. The summed E-state index contributed by atoms with van der Waals surface area (Å²) in [4.78, 5) is 0. The fourth-order valence-electron chi connectivity index (χ4n) is 2.69. The van der Waals surface area contributed by atoms with Crippen LogP contribution in [0.5, 0.6) is 0 Å². The van der Waals surface area contributed by atoms with E-state index >= 15 is 0 Å². The highest BCUT2D eigenvalue weighted by molar-refractivity contribution is 7.86. The Kier molecular flexibility index (Phi) is 4.07. The second-order valence-corrected chi connectivity index (χ2v) is 7.07. The van der Waals surface area contributed by atoms with Crippen molar-refractivity contribution in [1.82, 2.24) is 8.61 Å². The van der Waals surface area contributed by atoms with Crippen LogP contribution in [0.15, 0.2) is 0 Å². The van der Waals surface area contributed by atoms with Gasteiger partial charge in [-0.2, -0.15) is 17.0 Å². The summed E-state index contributed by atoms with van der Waals surface area (Å²) in [6, 6.07) is 0. The first-order valence-corrected chi connectivity index (χ1v) is 7.95. The minimum absolute atomic E-state index is 0.253. The molecule has 0 radical (unpaired) electrons. The summed E-state index contributed by atoms with van der Waals surface area (Å²) >= 11 is 0. The van der Waals surface area contributed by atoms with E-state index in [0.717, 1.165) is 32.1 Å². The van der Waals surface area contributed by atoms with Crippen molar-refractivity contribution >= 4 is 10.2 Å². The van der Waals surface area contributed by atoms with Crippen LogP contribution in [-0.2, 0) is 10.2 Å². The Bertz CT molecular complexity index is 352. The van der Waals surface area contributed by atoms with Crippen LogP contribution in [0.4, 0.5) is 0 Å². The Hall–Kier alpha value is -0.170. The Labute approximate surface area is 104 Å². The highest BCUT2D eigenvalue weighted by Gasteiger charge is 2.37. The average molecular weight is 261 g/mol. The molecule has 2 saturated heterocycles. The topological polar surface area (TPSA) is 66.6 Å². The molecule has 2 atom stereocenters. The summed E-state index contributed by atoms with van der Waals surface area (Å²) in [6.07, 6.45) is 4.66. The van der Waals surface area contributed by atoms with Crippen LogP contribution in [0.1, 0.15) is 39.0 Å². The zero-order chi connectivity index (χ0) is 12.5. The van der Waals surface area contributed by atoms with Crippen LogP contribution in [-0.4, -0.2) is 42.8 Å². The van der Waals surface area contributed by atoms with Crippen LogP contribution in [0.3, 0.4) is 0 Å². The summed E-state index contributed by atoms with van der Waals surface area (Å²) in [6.45, 7) is 3.91. The van der Waals surface area contributed by atoms with E-state index in [1.165, 1.54) is 4.31 Å². The van der Waals surface area contributed by atoms with Crippen LogP contribution in [0.25, 0.3) is 0 Å². The standard InChI is InChI=1S/C11H23N3O2S/c1-10-6-5-9-14(11(10)12)17(15,16)13-7-3-2-4-8-13/h10-11H,2-9,12H2,1H3. The zero-order valence-corrected chi connectivity index (χ0v) is 11.3. The van der Waals surface area contributed by atoms with Gasteiger partial charge in [0.1, 0.15) is 0 Å². The van der Waals surface area contributed by atoms with Crippen molar-refractivity contribution in [3.05, 3.63) is 0 Å². The predicted molar refractivity (Wildman–Crippen MR) is 67.4 cm³/mol. The predicted octanol–water partition coefficient (Wildman–Crippen LogP) is 0.734. The summed E-state index contributed by atoms with van der Waals surface area (Å²) in [5, 5.41) is 0. The maximum absolute atomic E-state index is 12.5. The molecule has 2 aliphatic rings. The van der Waals surface area contributed by atoms with Gasteiger partial charge in [-0.1, -0.05) is 13.3 Å². The van der Waals surface area contributed by atoms with Gasteiger partial charge in [0.15, 0.2) is 0 Å². The molecule has 6 heteroatoms. The summed E-state index contributed by atoms with van der Waals surface area (Å²) in [5.41, 5.74) is 6.04. The minimum atomic E-state index is -3.33. The molecule has 2 fully saturated rings. The molecule has 0 bridgehead atoms. The molecular formula is C11H23N3O2S. The molecule has 0 aromatic heterocycles. The number of hydrogen-bond donors (Lipinski definition) is 1. The van der Waals surface area contributed by atoms with Crippen molar-refractivity contribution < 1.29 is 8.42 Å². The lowest BCUT2D eigenvalue weighted by molar-refractivity contribution is 0.176.